The van der Waals surface area contributed by atoms with Gasteiger partial charge in [-0.05, 0) is 50.0 Å². The number of carbonyl (C=O) groups excluding carboxylic acids is 1. The average molecular weight is 317 g/mol. The van der Waals surface area contributed by atoms with E-state index >= 15 is 0 Å². The van der Waals surface area contributed by atoms with Gasteiger partial charge in [0.25, 0.3) is 0 Å². The molecular weight excluding hydrogens is 286 g/mol. The van der Waals surface area contributed by atoms with Gasteiger partial charge in [0, 0.05) is 25.6 Å². The molecule has 1 aliphatic heterocycles. The second-order valence-corrected chi connectivity index (χ2v) is 6.90. The molecule has 0 aliphatic carbocycles. The van der Waals surface area contributed by atoms with Crippen LogP contribution < -0.4 is 10.6 Å². The van der Waals surface area contributed by atoms with Crippen molar-refractivity contribution in [2.75, 3.05) is 26.7 Å². The molecule has 1 fully saturated rings. The summed E-state index contributed by atoms with van der Waals surface area (Å²) in [5.74, 6) is 0.964. The predicted molar refractivity (Wildman–Crippen MR) is 95.1 cm³/mol. The highest BCUT2D eigenvalue weighted by Gasteiger charge is 2.17. The molecule has 128 valence electrons. The summed E-state index contributed by atoms with van der Waals surface area (Å²) in [5.41, 5.74) is 2.57. The van der Waals surface area contributed by atoms with E-state index in [4.69, 9.17) is 0 Å². The van der Waals surface area contributed by atoms with Gasteiger partial charge in [0.15, 0.2) is 0 Å². The molecule has 0 spiro atoms. The fraction of sp³-hybridized carbons (Fsp3) is 0.632. The highest BCUT2D eigenvalue weighted by Crippen LogP contribution is 2.19. The van der Waals surface area contributed by atoms with Crippen molar-refractivity contribution in [3.05, 3.63) is 35.4 Å². The maximum absolute atomic E-state index is 12.1. The van der Waals surface area contributed by atoms with Gasteiger partial charge < -0.3 is 10.6 Å². The number of hydrogen-bond donors (Lipinski definition) is 2. The highest BCUT2D eigenvalue weighted by molar-refractivity contribution is 5.78. The lowest BCUT2D eigenvalue weighted by Crippen LogP contribution is -2.35. The summed E-state index contributed by atoms with van der Waals surface area (Å²) < 4.78 is 0. The van der Waals surface area contributed by atoms with E-state index in [2.05, 4.69) is 46.7 Å². The minimum Gasteiger partial charge on any atom is -0.352 e. The van der Waals surface area contributed by atoms with Crippen LogP contribution in [0.5, 0.6) is 0 Å². The zero-order valence-corrected chi connectivity index (χ0v) is 14.8. The Morgan fingerprint density at radius 3 is 2.57 bits per heavy atom. The van der Waals surface area contributed by atoms with E-state index in [1.807, 2.05) is 14.0 Å². The predicted octanol–water partition coefficient (Wildman–Crippen LogP) is 2.39. The van der Waals surface area contributed by atoms with Crippen molar-refractivity contribution < 1.29 is 4.79 Å². The minimum absolute atomic E-state index is 0.00394. The maximum atomic E-state index is 12.1. The number of likely N-dealkylation sites (tertiary alicyclic amines) is 1. The molecule has 1 aliphatic rings. The zero-order valence-electron chi connectivity index (χ0n) is 14.8. The molecule has 1 heterocycles. The molecule has 1 aromatic rings. The SMILES string of the molecule is CNCC(C)C(=O)NCc1ccccc1CN1CCC(C)CC1. The fourth-order valence-corrected chi connectivity index (χ4v) is 3.10. The van der Waals surface area contributed by atoms with E-state index in [9.17, 15) is 4.79 Å². The number of nitrogens with zero attached hydrogens (tertiary/aromatic N) is 1. The first-order valence-electron chi connectivity index (χ1n) is 8.81. The minimum atomic E-state index is -0.00394. The Kier molecular flexibility index (Phi) is 7.06. The van der Waals surface area contributed by atoms with Crippen LogP contribution in [0.4, 0.5) is 0 Å². The third-order valence-corrected chi connectivity index (χ3v) is 4.80. The van der Waals surface area contributed by atoms with Crippen LogP contribution in [0, 0.1) is 11.8 Å². The van der Waals surface area contributed by atoms with E-state index in [0.29, 0.717) is 13.1 Å². The Hall–Kier alpha value is -1.39. The molecule has 1 aromatic carbocycles. The lowest BCUT2D eigenvalue weighted by atomic mass is 9.98. The Labute approximate surface area is 140 Å². The molecule has 4 nitrogen and oxygen atoms in total. The number of amides is 1. The summed E-state index contributed by atoms with van der Waals surface area (Å²) in [4.78, 5) is 14.6. The van der Waals surface area contributed by atoms with E-state index in [1.165, 1.54) is 37.1 Å². The summed E-state index contributed by atoms with van der Waals surface area (Å²) in [5, 5.41) is 6.12. The first-order chi connectivity index (χ1) is 11.1. The van der Waals surface area contributed by atoms with Gasteiger partial charge in [-0.15, -0.1) is 0 Å². The quantitative estimate of drug-likeness (QED) is 0.811. The molecule has 23 heavy (non-hydrogen) atoms. The van der Waals surface area contributed by atoms with Crippen LogP contribution >= 0.6 is 0 Å². The van der Waals surface area contributed by atoms with Crippen LogP contribution in [0.15, 0.2) is 24.3 Å². The summed E-state index contributed by atoms with van der Waals surface area (Å²) in [6.07, 6.45) is 2.58. The van der Waals surface area contributed by atoms with Crippen molar-refractivity contribution in [2.45, 2.75) is 39.8 Å². The molecule has 2 rings (SSSR count). The van der Waals surface area contributed by atoms with Crippen molar-refractivity contribution in [3.63, 3.8) is 0 Å². The number of rotatable bonds is 7. The van der Waals surface area contributed by atoms with E-state index < -0.39 is 0 Å². The Morgan fingerprint density at radius 1 is 1.26 bits per heavy atom. The van der Waals surface area contributed by atoms with Crippen molar-refractivity contribution in [1.29, 1.82) is 0 Å². The van der Waals surface area contributed by atoms with Crippen molar-refractivity contribution >= 4 is 5.91 Å². The van der Waals surface area contributed by atoms with Gasteiger partial charge in [0.2, 0.25) is 5.91 Å². The van der Waals surface area contributed by atoms with Crippen molar-refractivity contribution in [2.24, 2.45) is 11.8 Å². The van der Waals surface area contributed by atoms with Crippen LogP contribution in [0.3, 0.4) is 0 Å². The summed E-state index contributed by atoms with van der Waals surface area (Å²) in [6, 6.07) is 8.47. The topological polar surface area (TPSA) is 44.4 Å². The molecule has 2 N–H and O–H groups in total. The standard InChI is InChI=1S/C19H31N3O/c1-15-8-10-22(11-9-15)14-18-7-5-4-6-17(18)13-21-19(23)16(2)12-20-3/h4-7,15-16,20H,8-14H2,1-3H3,(H,21,23). The van der Waals surface area contributed by atoms with Gasteiger partial charge in [0.05, 0.1) is 0 Å². The number of nitrogens with one attached hydrogen (secondary N) is 2. The molecule has 1 amide bonds. The third-order valence-electron chi connectivity index (χ3n) is 4.80. The van der Waals surface area contributed by atoms with E-state index in [1.54, 1.807) is 0 Å². The van der Waals surface area contributed by atoms with Crippen LogP contribution in [0.2, 0.25) is 0 Å². The molecular formula is C19H31N3O. The number of piperidine rings is 1. The number of carbonyl (C=O) groups is 1. The zero-order chi connectivity index (χ0) is 16.7. The van der Waals surface area contributed by atoms with Gasteiger partial charge in [-0.2, -0.15) is 0 Å². The molecule has 1 atom stereocenters. The van der Waals surface area contributed by atoms with Crippen LogP contribution in [-0.4, -0.2) is 37.5 Å². The first-order valence-corrected chi connectivity index (χ1v) is 8.81. The highest BCUT2D eigenvalue weighted by atomic mass is 16.1. The van der Waals surface area contributed by atoms with E-state index in [-0.39, 0.29) is 11.8 Å². The second-order valence-electron chi connectivity index (χ2n) is 6.90. The van der Waals surface area contributed by atoms with Gasteiger partial charge in [-0.25, -0.2) is 0 Å². The Balaban J connectivity index is 1.91. The van der Waals surface area contributed by atoms with Gasteiger partial charge in [-0.3, -0.25) is 9.69 Å². The Morgan fingerprint density at radius 2 is 1.91 bits per heavy atom. The number of hydrogen-bond acceptors (Lipinski definition) is 3. The van der Waals surface area contributed by atoms with Gasteiger partial charge >= 0.3 is 0 Å². The van der Waals surface area contributed by atoms with Crippen LogP contribution in [0.25, 0.3) is 0 Å². The smallest absolute Gasteiger partial charge is 0.224 e. The lowest BCUT2D eigenvalue weighted by molar-refractivity contribution is -0.124. The summed E-state index contributed by atoms with van der Waals surface area (Å²) >= 11 is 0. The van der Waals surface area contributed by atoms with Crippen LogP contribution in [-0.2, 0) is 17.9 Å². The lowest BCUT2D eigenvalue weighted by Gasteiger charge is -2.30. The van der Waals surface area contributed by atoms with Gasteiger partial charge in [-0.1, -0.05) is 38.1 Å². The molecule has 1 unspecified atom stereocenters. The summed E-state index contributed by atoms with van der Waals surface area (Å²) in [6.45, 7) is 8.97. The monoisotopic (exact) mass is 317 g/mol. The third kappa shape index (κ3) is 5.63. The molecule has 4 heteroatoms. The van der Waals surface area contributed by atoms with Crippen LogP contribution in [0.1, 0.15) is 37.8 Å². The second kappa shape index (κ2) is 9.04. The van der Waals surface area contributed by atoms with E-state index in [0.717, 1.165) is 12.5 Å². The fourth-order valence-electron chi connectivity index (χ4n) is 3.10. The molecule has 0 saturated carbocycles. The largest absolute Gasteiger partial charge is 0.352 e. The maximum Gasteiger partial charge on any atom is 0.224 e. The number of benzene rings is 1. The van der Waals surface area contributed by atoms with Crippen molar-refractivity contribution in [3.8, 4) is 0 Å². The van der Waals surface area contributed by atoms with Gasteiger partial charge in [0.1, 0.15) is 0 Å². The average Bonchev–Trinajstić information content (AvgIpc) is 2.56. The first kappa shape index (κ1) is 18.0. The molecule has 0 bridgehead atoms. The normalized spacial score (nSPS) is 17.9. The Bertz CT molecular complexity index is 495. The molecule has 0 radical (unpaired) electrons. The molecule has 1 saturated heterocycles. The molecule has 0 aromatic heterocycles. The van der Waals surface area contributed by atoms with Crippen molar-refractivity contribution in [1.82, 2.24) is 15.5 Å². The summed E-state index contributed by atoms with van der Waals surface area (Å²) in [7, 11) is 1.87.